The molecule has 0 fully saturated rings. The highest BCUT2D eigenvalue weighted by Gasteiger charge is 2.13. The first kappa shape index (κ1) is 23.2. The minimum absolute atomic E-state index is 0.190. The quantitative estimate of drug-likeness (QED) is 0.503. The van der Waals surface area contributed by atoms with Gasteiger partial charge in [0.1, 0.15) is 5.75 Å². The summed E-state index contributed by atoms with van der Waals surface area (Å²) in [6, 6.07) is 13.8. The number of benzene rings is 2. The van der Waals surface area contributed by atoms with Crippen LogP contribution in [0.5, 0.6) is 5.75 Å². The molecule has 5 heteroatoms. The van der Waals surface area contributed by atoms with Crippen molar-refractivity contribution in [2.24, 2.45) is 0 Å². The summed E-state index contributed by atoms with van der Waals surface area (Å²) < 4.78 is 5.67. The minimum atomic E-state index is -1.23. The standard InChI is InChI=1S/C15H24O.C8H6O4/c1-3-4-5-6-7-8-13-16-15-11-9-14(2)10-12-15;9-7(10)5-3-1-2-4-6(5)8(11)12/h9-12H,3-8,13H2,1-2H3;1-4H,(H,9,10)(H,11,12). The lowest BCUT2D eigenvalue weighted by Crippen LogP contribution is -2.06. The van der Waals surface area contributed by atoms with Crippen LogP contribution in [0, 0.1) is 6.92 Å². The smallest absolute Gasteiger partial charge is 0.336 e. The van der Waals surface area contributed by atoms with E-state index in [1.165, 1.54) is 68.4 Å². The van der Waals surface area contributed by atoms with Gasteiger partial charge in [0.15, 0.2) is 0 Å². The van der Waals surface area contributed by atoms with Crippen LogP contribution in [0.1, 0.15) is 71.7 Å². The van der Waals surface area contributed by atoms with Crippen LogP contribution in [0.3, 0.4) is 0 Å². The molecule has 2 N–H and O–H groups in total. The number of carboxylic acid groups (broad SMARTS) is 2. The number of rotatable bonds is 10. The van der Waals surface area contributed by atoms with Crippen molar-refractivity contribution in [2.45, 2.75) is 52.4 Å². The molecule has 0 spiro atoms. The zero-order chi connectivity index (χ0) is 20.8. The van der Waals surface area contributed by atoms with Gasteiger partial charge in [-0.3, -0.25) is 0 Å². The van der Waals surface area contributed by atoms with E-state index in [-0.39, 0.29) is 11.1 Å². The summed E-state index contributed by atoms with van der Waals surface area (Å²) in [7, 11) is 0. The van der Waals surface area contributed by atoms with Crippen molar-refractivity contribution in [3.63, 3.8) is 0 Å². The monoisotopic (exact) mass is 386 g/mol. The van der Waals surface area contributed by atoms with Gasteiger partial charge in [0.05, 0.1) is 17.7 Å². The molecule has 0 radical (unpaired) electrons. The van der Waals surface area contributed by atoms with Crippen LogP contribution in [0.15, 0.2) is 48.5 Å². The maximum absolute atomic E-state index is 10.5. The van der Waals surface area contributed by atoms with Crippen LogP contribution in [0.4, 0.5) is 0 Å². The highest BCUT2D eigenvalue weighted by Crippen LogP contribution is 2.12. The molecule has 0 unspecified atom stereocenters. The second kappa shape index (κ2) is 13.4. The maximum atomic E-state index is 10.5. The Balaban J connectivity index is 0.000000292. The summed E-state index contributed by atoms with van der Waals surface area (Å²) in [6.07, 6.45) is 7.90. The van der Waals surface area contributed by atoms with Crippen LogP contribution in [0.25, 0.3) is 0 Å². The number of carboxylic acids is 2. The van der Waals surface area contributed by atoms with Gasteiger partial charge in [-0.2, -0.15) is 0 Å². The van der Waals surface area contributed by atoms with E-state index < -0.39 is 11.9 Å². The average molecular weight is 386 g/mol. The molecule has 0 aromatic heterocycles. The molecule has 152 valence electrons. The largest absolute Gasteiger partial charge is 0.494 e. The number of hydrogen-bond acceptors (Lipinski definition) is 3. The molecule has 5 nitrogen and oxygen atoms in total. The Labute approximate surface area is 167 Å². The zero-order valence-electron chi connectivity index (χ0n) is 16.7. The van der Waals surface area contributed by atoms with E-state index in [2.05, 4.69) is 26.0 Å². The van der Waals surface area contributed by atoms with Gasteiger partial charge in [0.25, 0.3) is 0 Å². The molecule has 0 atom stereocenters. The first-order valence-corrected chi connectivity index (χ1v) is 9.70. The topological polar surface area (TPSA) is 83.8 Å². The average Bonchev–Trinajstić information content (AvgIpc) is 2.69. The van der Waals surface area contributed by atoms with Gasteiger partial charge in [-0.15, -0.1) is 0 Å². The van der Waals surface area contributed by atoms with Crippen LogP contribution in [0.2, 0.25) is 0 Å². The lowest BCUT2D eigenvalue weighted by Gasteiger charge is -2.06. The van der Waals surface area contributed by atoms with Crippen molar-refractivity contribution in [2.75, 3.05) is 6.61 Å². The van der Waals surface area contributed by atoms with Gasteiger partial charge < -0.3 is 14.9 Å². The van der Waals surface area contributed by atoms with Crippen molar-refractivity contribution in [1.82, 2.24) is 0 Å². The number of aromatic carboxylic acids is 2. The zero-order valence-corrected chi connectivity index (χ0v) is 16.7. The highest BCUT2D eigenvalue weighted by atomic mass is 16.5. The molecule has 0 aliphatic heterocycles. The molecule has 2 rings (SSSR count). The van der Waals surface area contributed by atoms with E-state index in [1.54, 1.807) is 0 Å². The fourth-order valence-electron chi connectivity index (χ4n) is 2.56. The van der Waals surface area contributed by atoms with E-state index in [0.29, 0.717) is 0 Å². The molecule has 0 heterocycles. The predicted octanol–water partition coefficient (Wildman–Crippen LogP) is 5.82. The summed E-state index contributed by atoms with van der Waals surface area (Å²) >= 11 is 0. The second-order valence-electron chi connectivity index (χ2n) is 6.59. The predicted molar refractivity (Wildman–Crippen MR) is 110 cm³/mol. The van der Waals surface area contributed by atoms with Gasteiger partial charge >= 0.3 is 11.9 Å². The Morgan fingerprint density at radius 1 is 0.786 bits per heavy atom. The van der Waals surface area contributed by atoms with Crippen molar-refractivity contribution in [3.05, 3.63) is 65.2 Å². The van der Waals surface area contributed by atoms with E-state index in [0.717, 1.165) is 12.4 Å². The molecule has 28 heavy (non-hydrogen) atoms. The Morgan fingerprint density at radius 3 is 1.79 bits per heavy atom. The van der Waals surface area contributed by atoms with Crippen LogP contribution >= 0.6 is 0 Å². The fourth-order valence-corrected chi connectivity index (χ4v) is 2.56. The van der Waals surface area contributed by atoms with Gasteiger partial charge in [0, 0.05) is 0 Å². The first-order valence-electron chi connectivity index (χ1n) is 9.70. The summed E-state index contributed by atoms with van der Waals surface area (Å²) in [5.74, 6) is -1.46. The number of unbranched alkanes of at least 4 members (excludes halogenated alkanes) is 5. The van der Waals surface area contributed by atoms with Crippen LogP contribution < -0.4 is 4.74 Å². The highest BCUT2D eigenvalue weighted by molar-refractivity contribution is 6.01. The summed E-state index contributed by atoms with van der Waals surface area (Å²) in [5.41, 5.74) is 0.905. The fraction of sp³-hybridized carbons (Fsp3) is 0.391. The first-order chi connectivity index (χ1) is 13.5. The third-order valence-electron chi connectivity index (χ3n) is 4.18. The van der Waals surface area contributed by atoms with E-state index in [1.807, 2.05) is 12.1 Å². The molecule has 0 amide bonds. The van der Waals surface area contributed by atoms with E-state index in [9.17, 15) is 9.59 Å². The Bertz CT molecular complexity index is 689. The van der Waals surface area contributed by atoms with Crippen molar-refractivity contribution >= 4 is 11.9 Å². The Morgan fingerprint density at radius 2 is 1.29 bits per heavy atom. The number of hydrogen-bond donors (Lipinski definition) is 2. The van der Waals surface area contributed by atoms with Crippen molar-refractivity contribution in [1.29, 1.82) is 0 Å². The SMILES string of the molecule is CCCCCCCCOc1ccc(C)cc1.O=C(O)c1ccccc1C(=O)O. The molecule has 0 saturated heterocycles. The van der Waals surface area contributed by atoms with Crippen molar-refractivity contribution < 1.29 is 24.5 Å². The van der Waals surface area contributed by atoms with E-state index in [4.69, 9.17) is 14.9 Å². The van der Waals surface area contributed by atoms with Gasteiger partial charge in [-0.05, 0) is 37.6 Å². The third kappa shape index (κ3) is 9.21. The molecule has 2 aromatic rings. The number of aryl methyl sites for hydroxylation is 1. The second-order valence-corrected chi connectivity index (χ2v) is 6.59. The molecule has 0 aliphatic rings. The Hall–Kier alpha value is -2.82. The maximum Gasteiger partial charge on any atom is 0.336 e. The summed E-state index contributed by atoms with van der Waals surface area (Å²) in [6.45, 7) is 5.20. The van der Waals surface area contributed by atoms with Gasteiger partial charge in [0.2, 0.25) is 0 Å². The van der Waals surface area contributed by atoms with Crippen LogP contribution in [-0.2, 0) is 0 Å². The number of carbonyl (C=O) groups is 2. The summed E-state index contributed by atoms with van der Waals surface area (Å²) in [4.78, 5) is 20.9. The Kier molecular flexibility index (Phi) is 11.1. The normalized spacial score (nSPS) is 9.93. The van der Waals surface area contributed by atoms with Crippen molar-refractivity contribution in [3.8, 4) is 5.75 Å². The molecular formula is C23H30O5. The molecule has 2 aromatic carbocycles. The molecule has 0 bridgehead atoms. The van der Waals surface area contributed by atoms with E-state index >= 15 is 0 Å². The van der Waals surface area contributed by atoms with Gasteiger partial charge in [-0.1, -0.05) is 68.9 Å². The third-order valence-corrected chi connectivity index (χ3v) is 4.18. The molecule has 0 saturated carbocycles. The summed E-state index contributed by atoms with van der Waals surface area (Å²) in [5, 5.41) is 17.1. The van der Waals surface area contributed by atoms with Gasteiger partial charge in [-0.25, -0.2) is 9.59 Å². The lowest BCUT2D eigenvalue weighted by molar-refractivity contribution is 0.0651. The molecule has 0 aliphatic carbocycles. The van der Waals surface area contributed by atoms with Crippen LogP contribution in [-0.4, -0.2) is 28.8 Å². The molecular weight excluding hydrogens is 356 g/mol. The lowest BCUT2D eigenvalue weighted by atomic mass is 10.1. The number of ether oxygens (including phenoxy) is 1. The minimum Gasteiger partial charge on any atom is -0.494 e.